The largest absolute Gasteiger partial charge is 0.310 e. The van der Waals surface area contributed by atoms with Crippen molar-refractivity contribution in [3.05, 3.63) is 221 Å². The van der Waals surface area contributed by atoms with Gasteiger partial charge in [-0.2, -0.15) is 0 Å². The lowest BCUT2D eigenvalue weighted by Crippen LogP contribution is -2.12. The van der Waals surface area contributed by atoms with Crippen molar-refractivity contribution in [1.82, 2.24) is 0 Å². The molecule has 0 saturated heterocycles. The summed E-state index contributed by atoms with van der Waals surface area (Å²) in [6.07, 6.45) is 13.5. The third kappa shape index (κ3) is 7.53. The lowest BCUT2D eigenvalue weighted by atomic mass is 9.90. The molecule has 0 bridgehead atoms. The number of hydrogen-bond donors (Lipinski definition) is 0. The van der Waals surface area contributed by atoms with Crippen molar-refractivity contribution in [1.29, 1.82) is 0 Å². The number of anilines is 3. The van der Waals surface area contributed by atoms with Crippen LogP contribution in [0.2, 0.25) is 0 Å². The van der Waals surface area contributed by atoms with Crippen LogP contribution in [0.5, 0.6) is 0 Å². The molecular formula is C49H43N. The zero-order valence-electron chi connectivity index (χ0n) is 28.9. The van der Waals surface area contributed by atoms with Crippen LogP contribution in [0.15, 0.2) is 188 Å². The van der Waals surface area contributed by atoms with Gasteiger partial charge in [0.15, 0.2) is 0 Å². The fourth-order valence-corrected chi connectivity index (χ4v) is 6.75. The summed E-state index contributed by atoms with van der Waals surface area (Å²) >= 11 is 0. The number of nitrogens with zero attached hydrogens (tertiary/aromatic N) is 1. The maximum atomic E-state index is 2.40. The van der Waals surface area contributed by atoms with Crippen LogP contribution < -0.4 is 4.90 Å². The molecule has 7 rings (SSSR count). The Balaban J connectivity index is 1.28. The van der Waals surface area contributed by atoms with Crippen molar-refractivity contribution in [3.63, 3.8) is 0 Å². The number of hydrogen-bond acceptors (Lipinski definition) is 1. The predicted octanol–water partition coefficient (Wildman–Crippen LogP) is 13.7. The van der Waals surface area contributed by atoms with Gasteiger partial charge in [0.2, 0.25) is 0 Å². The Morgan fingerprint density at radius 2 is 0.980 bits per heavy atom. The highest BCUT2D eigenvalue weighted by Crippen LogP contribution is 2.40. The van der Waals surface area contributed by atoms with Gasteiger partial charge in [-0.25, -0.2) is 0 Å². The average molecular weight is 646 g/mol. The standard InChI is InChI=1S/C49H43N/c1-37(2)46-25-15-16-26-49(46)50(44-31-27-38(28-32-44)35-47(40-17-7-3-8-18-40)41-19-9-4-10-20-41)45-33-29-39(30-34-45)36-48(42-21-11-5-12-22-42)43-23-13-6-14-24-43/h3-13,15-23,25-37H,14,24H2,1-2H3. The summed E-state index contributed by atoms with van der Waals surface area (Å²) in [5.74, 6) is 0.378. The Morgan fingerprint density at radius 3 is 1.46 bits per heavy atom. The summed E-state index contributed by atoms with van der Waals surface area (Å²) in [6.45, 7) is 4.54. The zero-order chi connectivity index (χ0) is 34.1. The average Bonchev–Trinajstić information content (AvgIpc) is 3.19. The number of allylic oxidation sites excluding steroid dienone is 5. The van der Waals surface area contributed by atoms with E-state index in [0.717, 1.165) is 29.8 Å². The lowest BCUT2D eigenvalue weighted by molar-refractivity contribution is 0.864. The fourth-order valence-electron chi connectivity index (χ4n) is 6.75. The third-order valence-electron chi connectivity index (χ3n) is 9.34. The van der Waals surface area contributed by atoms with Crippen LogP contribution in [-0.4, -0.2) is 0 Å². The van der Waals surface area contributed by atoms with Crippen molar-refractivity contribution in [2.45, 2.75) is 32.6 Å². The molecule has 0 aliphatic heterocycles. The van der Waals surface area contributed by atoms with Crippen LogP contribution in [0.3, 0.4) is 0 Å². The summed E-state index contributed by atoms with van der Waals surface area (Å²) in [4.78, 5) is 2.40. The Bertz CT molecular complexity index is 2090. The molecule has 1 aliphatic rings. The molecule has 0 saturated carbocycles. The van der Waals surface area contributed by atoms with Crippen LogP contribution in [-0.2, 0) is 0 Å². The molecule has 0 radical (unpaired) electrons. The van der Waals surface area contributed by atoms with Gasteiger partial charge >= 0.3 is 0 Å². The Morgan fingerprint density at radius 1 is 0.520 bits per heavy atom. The predicted molar refractivity (Wildman–Crippen MR) is 216 cm³/mol. The van der Waals surface area contributed by atoms with E-state index in [1.807, 2.05) is 0 Å². The van der Waals surface area contributed by atoms with Gasteiger partial charge < -0.3 is 4.90 Å². The van der Waals surface area contributed by atoms with Crippen molar-refractivity contribution in [3.8, 4) is 0 Å². The second-order valence-corrected chi connectivity index (χ2v) is 13.1. The summed E-state index contributed by atoms with van der Waals surface area (Å²) in [5, 5.41) is 0. The van der Waals surface area contributed by atoms with E-state index in [9.17, 15) is 0 Å². The van der Waals surface area contributed by atoms with E-state index in [-0.39, 0.29) is 0 Å². The monoisotopic (exact) mass is 645 g/mol. The smallest absolute Gasteiger partial charge is 0.0496 e. The van der Waals surface area contributed by atoms with Crippen molar-refractivity contribution in [2.75, 3.05) is 4.90 Å². The molecule has 0 spiro atoms. The number of para-hydroxylation sites is 1. The van der Waals surface area contributed by atoms with Crippen LogP contribution in [0.1, 0.15) is 66.0 Å². The van der Waals surface area contributed by atoms with Crippen LogP contribution >= 0.6 is 0 Å². The fraction of sp³-hybridized carbons (Fsp3) is 0.102. The van der Waals surface area contributed by atoms with Gasteiger partial charge in [0, 0.05) is 17.1 Å². The van der Waals surface area contributed by atoms with E-state index in [4.69, 9.17) is 0 Å². The van der Waals surface area contributed by atoms with E-state index >= 15 is 0 Å². The molecule has 1 heteroatoms. The first-order valence-corrected chi connectivity index (χ1v) is 17.7. The molecule has 0 unspecified atom stereocenters. The summed E-state index contributed by atoms with van der Waals surface area (Å²) in [7, 11) is 0. The zero-order valence-corrected chi connectivity index (χ0v) is 28.9. The summed E-state index contributed by atoms with van der Waals surface area (Å²) in [5.41, 5.74) is 14.7. The highest BCUT2D eigenvalue weighted by atomic mass is 15.1. The highest BCUT2D eigenvalue weighted by molar-refractivity contribution is 5.93. The van der Waals surface area contributed by atoms with E-state index in [0.29, 0.717) is 5.92 Å². The minimum absolute atomic E-state index is 0.378. The van der Waals surface area contributed by atoms with Gasteiger partial charge in [-0.05, 0) is 111 Å². The van der Waals surface area contributed by atoms with E-state index in [1.165, 1.54) is 50.2 Å². The molecule has 0 N–H and O–H groups in total. The second kappa shape index (κ2) is 15.5. The lowest BCUT2D eigenvalue weighted by Gasteiger charge is -2.29. The van der Waals surface area contributed by atoms with Crippen LogP contribution in [0, 0.1) is 0 Å². The van der Waals surface area contributed by atoms with Gasteiger partial charge in [-0.15, -0.1) is 0 Å². The molecule has 1 aliphatic carbocycles. The van der Waals surface area contributed by atoms with E-state index < -0.39 is 0 Å². The molecule has 6 aromatic carbocycles. The molecule has 0 aromatic heterocycles. The molecule has 0 amide bonds. The Kier molecular flexibility index (Phi) is 10.1. The SMILES string of the molecule is CC(C)c1ccccc1N(c1ccc(C=C(C2=CC=CCC2)c2ccccc2)cc1)c1ccc(C=C(c2ccccc2)c2ccccc2)cc1. The number of benzene rings is 6. The maximum absolute atomic E-state index is 2.40. The quantitative estimate of drug-likeness (QED) is 0.134. The van der Waals surface area contributed by atoms with E-state index in [2.05, 4.69) is 213 Å². The molecule has 50 heavy (non-hydrogen) atoms. The molecular weight excluding hydrogens is 603 g/mol. The van der Waals surface area contributed by atoms with Gasteiger partial charge in [-0.3, -0.25) is 0 Å². The van der Waals surface area contributed by atoms with Crippen LogP contribution in [0.25, 0.3) is 23.3 Å². The molecule has 6 aromatic rings. The Hall–Kier alpha value is -5.92. The van der Waals surface area contributed by atoms with Crippen molar-refractivity contribution < 1.29 is 0 Å². The molecule has 244 valence electrons. The molecule has 0 heterocycles. The first kappa shape index (κ1) is 32.6. The normalized spacial score (nSPS) is 12.8. The molecule has 0 atom stereocenters. The summed E-state index contributed by atoms with van der Waals surface area (Å²) < 4.78 is 0. The minimum Gasteiger partial charge on any atom is -0.310 e. The van der Waals surface area contributed by atoms with Gasteiger partial charge in [0.1, 0.15) is 0 Å². The first-order valence-electron chi connectivity index (χ1n) is 17.7. The van der Waals surface area contributed by atoms with Gasteiger partial charge in [0.05, 0.1) is 0 Å². The third-order valence-corrected chi connectivity index (χ3v) is 9.34. The second-order valence-electron chi connectivity index (χ2n) is 13.1. The highest BCUT2D eigenvalue weighted by Gasteiger charge is 2.18. The van der Waals surface area contributed by atoms with Crippen molar-refractivity contribution >= 4 is 40.4 Å². The van der Waals surface area contributed by atoms with Crippen LogP contribution in [0.4, 0.5) is 17.1 Å². The maximum Gasteiger partial charge on any atom is 0.0496 e. The molecule has 0 fully saturated rings. The number of rotatable bonds is 10. The van der Waals surface area contributed by atoms with Gasteiger partial charge in [-0.1, -0.05) is 166 Å². The minimum atomic E-state index is 0.378. The van der Waals surface area contributed by atoms with Crippen molar-refractivity contribution in [2.24, 2.45) is 0 Å². The first-order chi connectivity index (χ1) is 24.6. The summed E-state index contributed by atoms with van der Waals surface area (Å²) in [6, 6.07) is 58.9. The topological polar surface area (TPSA) is 3.24 Å². The van der Waals surface area contributed by atoms with Gasteiger partial charge in [0.25, 0.3) is 0 Å². The Labute approximate surface area is 297 Å². The molecule has 1 nitrogen and oxygen atoms in total. The van der Waals surface area contributed by atoms with E-state index in [1.54, 1.807) is 0 Å².